The van der Waals surface area contributed by atoms with Crippen LogP contribution in [-0.2, 0) is 14.6 Å². The highest BCUT2D eigenvalue weighted by molar-refractivity contribution is 7.91. The Morgan fingerprint density at radius 3 is 2.67 bits per heavy atom. The molecular weight excluding hydrogens is 260 g/mol. The fourth-order valence-corrected chi connectivity index (χ4v) is 2.25. The highest BCUT2D eigenvalue weighted by Crippen LogP contribution is 2.15. The number of rotatable bonds is 8. The Morgan fingerprint density at radius 1 is 1.39 bits per heavy atom. The van der Waals surface area contributed by atoms with E-state index in [9.17, 15) is 13.2 Å². The Balaban J connectivity index is 2.54. The van der Waals surface area contributed by atoms with Crippen LogP contribution in [0.2, 0.25) is 0 Å². The second kappa shape index (κ2) is 6.55. The van der Waals surface area contributed by atoms with Gasteiger partial charge in [0.15, 0.2) is 0 Å². The van der Waals surface area contributed by atoms with Gasteiger partial charge in [-0.25, -0.2) is 13.2 Å². The average Bonchev–Trinajstić information content (AvgIpc) is 2.78. The van der Waals surface area contributed by atoms with Gasteiger partial charge in [-0.2, -0.15) is 0 Å². The van der Waals surface area contributed by atoms with Gasteiger partial charge in [0.1, 0.15) is 0 Å². The molecule has 1 aromatic heterocycles. The Labute approximate surface area is 105 Å². The first-order valence-corrected chi connectivity index (χ1v) is 7.26. The molecule has 0 aromatic carbocycles. The minimum Gasteiger partial charge on any atom is -0.475 e. The molecule has 1 rings (SSSR count). The maximum atomic E-state index is 11.7. The van der Waals surface area contributed by atoms with E-state index in [-0.39, 0.29) is 23.2 Å². The molecule has 0 saturated carbocycles. The molecule has 1 N–H and O–H groups in total. The molecule has 0 fully saturated rings. The smallest absolute Gasteiger partial charge is 0.371 e. The highest BCUT2D eigenvalue weighted by atomic mass is 32.2. The first-order chi connectivity index (χ1) is 8.47. The number of aromatic carboxylic acids is 1. The van der Waals surface area contributed by atoms with Crippen LogP contribution in [-0.4, -0.2) is 38.5 Å². The van der Waals surface area contributed by atoms with Crippen molar-refractivity contribution in [3.8, 4) is 0 Å². The fraction of sp³-hybridized carbons (Fsp3) is 0.545. The quantitative estimate of drug-likeness (QED) is 0.724. The van der Waals surface area contributed by atoms with Gasteiger partial charge < -0.3 is 14.3 Å². The lowest BCUT2D eigenvalue weighted by molar-refractivity contribution is 0.0656. The van der Waals surface area contributed by atoms with E-state index in [2.05, 4.69) is 0 Å². The summed E-state index contributed by atoms with van der Waals surface area (Å²) in [6.07, 6.45) is 1.86. The SMILES string of the molecule is CCCCOCCS(=O)(=O)c1ccc(C(=O)O)o1. The molecule has 7 heteroatoms. The Morgan fingerprint density at radius 2 is 2.11 bits per heavy atom. The standard InChI is InChI=1S/C11H16O6S/c1-2-3-6-16-7-8-18(14,15)10-5-4-9(17-10)11(12)13/h4-5H,2-3,6-8H2,1H3,(H,12,13). The number of hydrogen-bond donors (Lipinski definition) is 1. The zero-order chi connectivity index (χ0) is 13.6. The van der Waals surface area contributed by atoms with Gasteiger partial charge in [-0.05, 0) is 18.6 Å². The van der Waals surface area contributed by atoms with Crippen LogP contribution in [0.5, 0.6) is 0 Å². The van der Waals surface area contributed by atoms with Crippen molar-refractivity contribution in [1.29, 1.82) is 0 Å². The summed E-state index contributed by atoms with van der Waals surface area (Å²) in [6, 6.07) is 2.26. The molecule has 102 valence electrons. The van der Waals surface area contributed by atoms with Crippen molar-refractivity contribution in [2.75, 3.05) is 19.0 Å². The lowest BCUT2D eigenvalue weighted by Gasteiger charge is -2.03. The molecule has 0 aliphatic carbocycles. The molecule has 0 spiro atoms. The molecule has 0 aliphatic rings. The number of sulfone groups is 1. The van der Waals surface area contributed by atoms with Crippen LogP contribution in [0.15, 0.2) is 21.6 Å². The Hall–Kier alpha value is -1.34. The van der Waals surface area contributed by atoms with Gasteiger partial charge >= 0.3 is 5.97 Å². The molecule has 0 radical (unpaired) electrons. The minimum absolute atomic E-state index is 0.0748. The molecular formula is C11H16O6S. The number of ether oxygens (including phenoxy) is 1. The third-order valence-electron chi connectivity index (χ3n) is 2.24. The number of carboxylic acid groups (broad SMARTS) is 1. The van der Waals surface area contributed by atoms with E-state index < -0.39 is 15.8 Å². The summed E-state index contributed by atoms with van der Waals surface area (Å²) < 4.78 is 33.4. The van der Waals surface area contributed by atoms with Gasteiger partial charge in [0.2, 0.25) is 20.7 Å². The Bertz CT molecular complexity index is 487. The molecule has 0 aliphatic heterocycles. The second-order valence-electron chi connectivity index (χ2n) is 3.71. The largest absolute Gasteiger partial charge is 0.475 e. The van der Waals surface area contributed by atoms with Crippen LogP contribution in [0.1, 0.15) is 30.3 Å². The highest BCUT2D eigenvalue weighted by Gasteiger charge is 2.20. The van der Waals surface area contributed by atoms with Crippen molar-refractivity contribution < 1.29 is 27.5 Å². The van der Waals surface area contributed by atoms with E-state index in [0.717, 1.165) is 25.0 Å². The number of carbonyl (C=O) groups is 1. The van der Waals surface area contributed by atoms with Gasteiger partial charge in [0.05, 0.1) is 12.4 Å². The van der Waals surface area contributed by atoms with Crippen molar-refractivity contribution in [3.05, 3.63) is 17.9 Å². The van der Waals surface area contributed by atoms with Gasteiger partial charge in [0.25, 0.3) is 0 Å². The topological polar surface area (TPSA) is 93.8 Å². The number of hydrogen-bond acceptors (Lipinski definition) is 5. The lowest BCUT2D eigenvalue weighted by Crippen LogP contribution is -2.12. The molecule has 0 bridgehead atoms. The molecule has 0 unspecified atom stereocenters. The van der Waals surface area contributed by atoms with Crippen molar-refractivity contribution in [2.24, 2.45) is 0 Å². The van der Waals surface area contributed by atoms with Crippen molar-refractivity contribution >= 4 is 15.8 Å². The Kier molecular flexibility index (Phi) is 5.36. The van der Waals surface area contributed by atoms with E-state index in [4.69, 9.17) is 14.3 Å². The van der Waals surface area contributed by atoms with Gasteiger partial charge in [-0.3, -0.25) is 0 Å². The number of furan rings is 1. The lowest BCUT2D eigenvalue weighted by atomic mass is 10.4. The van der Waals surface area contributed by atoms with Crippen LogP contribution in [0.3, 0.4) is 0 Å². The summed E-state index contributed by atoms with van der Waals surface area (Å²) in [7, 11) is -3.62. The molecule has 0 saturated heterocycles. The van der Waals surface area contributed by atoms with E-state index in [0.29, 0.717) is 6.61 Å². The fourth-order valence-electron chi connectivity index (χ4n) is 1.22. The number of carboxylic acids is 1. The van der Waals surface area contributed by atoms with E-state index in [1.54, 1.807) is 0 Å². The maximum Gasteiger partial charge on any atom is 0.371 e. The van der Waals surface area contributed by atoms with Gasteiger partial charge in [0, 0.05) is 6.61 Å². The first kappa shape index (κ1) is 14.7. The summed E-state index contributed by atoms with van der Waals surface area (Å²) in [4.78, 5) is 10.6. The second-order valence-corrected chi connectivity index (χ2v) is 5.75. The minimum atomic E-state index is -3.62. The van der Waals surface area contributed by atoms with Crippen molar-refractivity contribution in [1.82, 2.24) is 0 Å². The van der Waals surface area contributed by atoms with Crippen LogP contribution < -0.4 is 0 Å². The third kappa shape index (κ3) is 4.15. The van der Waals surface area contributed by atoms with Crippen LogP contribution in [0.25, 0.3) is 0 Å². The summed E-state index contributed by atoms with van der Waals surface area (Å²) in [5.41, 5.74) is 0. The average molecular weight is 276 g/mol. The van der Waals surface area contributed by atoms with Crippen LogP contribution >= 0.6 is 0 Å². The van der Waals surface area contributed by atoms with Crippen LogP contribution in [0, 0.1) is 0 Å². The first-order valence-electron chi connectivity index (χ1n) is 5.61. The molecule has 18 heavy (non-hydrogen) atoms. The molecule has 1 aromatic rings. The van der Waals surface area contributed by atoms with E-state index in [1.807, 2.05) is 6.92 Å². The molecule has 1 heterocycles. The van der Waals surface area contributed by atoms with E-state index >= 15 is 0 Å². The molecule has 6 nitrogen and oxygen atoms in total. The van der Waals surface area contributed by atoms with Crippen molar-refractivity contribution in [2.45, 2.75) is 24.9 Å². The zero-order valence-corrected chi connectivity index (χ0v) is 10.9. The molecule has 0 atom stereocenters. The molecule has 0 amide bonds. The normalized spacial score (nSPS) is 11.6. The summed E-state index contributed by atoms with van der Waals surface area (Å²) in [6.45, 7) is 2.60. The summed E-state index contributed by atoms with van der Waals surface area (Å²) in [5, 5.41) is 8.29. The number of unbranched alkanes of at least 4 members (excludes halogenated alkanes) is 1. The maximum absolute atomic E-state index is 11.7. The van der Waals surface area contributed by atoms with Crippen molar-refractivity contribution in [3.63, 3.8) is 0 Å². The zero-order valence-electron chi connectivity index (χ0n) is 10.1. The summed E-state index contributed by atoms with van der Waals surface area (Å²) in [5.74, 6) is -1.90. The summed E-state index contributed by atoms with van der Waals surface area (Å²) >= 11 is 0. The predicted octanol–water partition coefficient (Wildman–Crippen LogP) is 1.57. The van der Waals surface area contributed by atoms with E-state index in [1.165, 1.54) is 0 Å². The monoisotopic (exact) mass is 276 g/mol. The van der Waals surface area contributed by atoms with Gasteiger partial charge in [-0.1, -0.05) is 13.3 Å². The van der Waals surface area contributed by atoms with Gasteiger partial charge in [-0.15, -0.1) is 0 Å². The predicted molar refractivity (Wildman–Crippen MR) is 63.4 cm³/mol. The van der Waals surface area contributed by atoms with Crippen LogP contribution in [0.4, 0.5) is 0 Å². The third-order valence-corrected chi connectivity index (χ3v) is 3.77.